The van der Waals surface area contributed by atoms with Gasteiger partial charge in [0.15, 0.2) is 5.78 Å². The Bertz CT molecular complexity index is 272. The quantitative estimate of drug-likeness (QED) is 0.550. The first-order valence-corrected chi connectivity index (χ1v) is 4.03. The lowest BCUT2D eigenvalue weighted by Gasteiger charge is -2.36. The van der Waals surface area contributed by atoms with Gasteiger partial charge in [-0.05, 0) is 13.0 Å². The summed E-state index contributed by atoms with van der Waals surface area (Å²) in [7, 11) is 3.07. The lowest BCUT2D eigenvalue weighted by molar-refractivity contribution is -0.154. The monoisotopic (exact) mass is 183 g/mol. The highest BCUT2D eigenvalue weighted by atomic mass is 16.5. The predicted molar refractivity (Wildman–Crippen MR) is 46.9 cm³/mol. The maximum absolute atomic E-state index is 11.4. The molecule has 0 aromatic heterocycles. The van der Waals surface area contributed by atoms with E-state index in [4.69, 9.17) is 0 Å². The molecule has 1 unspecified atom stereocenters. The summed E-state index contributed by atoms with van der Waals surface area (Å²) < 4.78 is 4.64. The van der Waals surface area contributed by atoms with Crippen LogP contribution in [0.4, 0.5) is 0 Å². The van der Waals surface area contributed by atoms with Gasteiger partial charge in [0.05, 0.1) is 7.11 Å². The van der Waals surface area contributed by atoms with Crippen LogP contribution >= 0.6 is 0 Å². The molecular weight excluding hydrogens is 170 g/mol. The van der Waals surface area contributed by atoms with Crippen LogP contribution in [0.3, 0.4) is 0 Å². The molecule has 4 nitrogen and oxygen atoms in total. The number of hydrogen-bond acceptors (Lipinski definition) is 4. The maximum Gasteiger partial charge on any atom is 0.331 e. The predicted octanol–water partition coefficient (Wildman–Crippen LogP) is 0.336. The fourth-order valence-electron chi connectivity index (χ4n) is 1.32. The number of nitrogens with zero attached hydrogens (tertiary/aromatic N) is 1. The van der Waals surface area contributed by atoms with Crippen molar-refractivity contribution < 1.29 is 14.3 Å². The van der Waals surface area contributed by atoms with Crippen LogP contribution in [-0.4, -0.2) is 36.3 Å². The molecule has 1 aliphatic rings. The summed E-state index contributed by atoms with van der Waals surface area (Å²) in [5, 5.41) is 0. The Kier molecular flexibility index (Phi) is 2.40. The van der Waals surface area contributed by atoms with Crippen LogP contribution < -0.4 is 0 Å². The summed E-state index contributed by atoms with van der Waals surface area (Å²) in [5.41, 5.74) is -0.847. The van der Waals surface area contributed by atoms with E-state index in [-0.39, 0.29) is 18.2 Å². The molecule has 0 fully saturated rings. The normalized spacial score (nSPS) is 27.6. The van der Waals surface area contributed by atoms with Crippen LogP contribution in [0, 0.1) is 0 Å². The molecule has 4 heteroatoms. The number of allylic oxidation sites excluding steroid dienone is 1. The van der Waals surface area contributed by atoms with Gasteiger partial charge in [0.25, 0.3) is 0 Å². The van der Waals surface area contributed by atoms with Gasteiger partial charge in [-0.1, -0.05) is 0 Å². The second-order valence-electron chi connectivity index (χ2n) is 3.34. The van der Waals surface area contributed by atoms with E-state index in [9.17, 15) is 9.59 Å². The Morgan fingerprint density at radius 3 is 2.85 bits per heavy atom. The van der Waals surface area contributed by atoms with Crippen LogP contribution in [-0.2, 0) is 14.3 Å². The Hall–Kier alpha value is -1.32. The topological polar surface area (TPSA) is 46.6 Å². The van der Waals surface area contributed by atoms with Crippen LogP contribution in [0.1, 0.15) is 13.3 Å². The third-order valence-corrected chi connectivity index (χ3v) is 2.41. The van der Waals surface area contributed by atoms with E-state index < -0.39 is 5.54 Å². The number of ether oxygens (including phenoxy) is 1. The average Bonchev–Trinajstić information content (AvgIpc) is 2.10. The molecule has 0 aliphatic carbocycles. The van der Waals surface area contributed by atoms with E-state index in [0.29, 0.717) is 0 Å². The number of carbonyl (C=O) groups is 2. The van der Waals surface area contributed by atoms with Crippen molar-refractivity contribution >= 4 is 11.8 Å². The Balaban J connectivity index is 2.95. The van der Waals surface area contributed by atoms with Crippen LogP contribution in [0.5, 0.6) is 0 Å². The van der Waals surface area contributed by atoms with Crippen molar-refractivity contribution in [1.29, 1.82) is 0 Å². The number of ketones is 1. The highest BCUT2D eigenvalue weighted by molar-refractivity contribution is 5.97. The molecule has 1 heterocycles. The second kappa shape index (κ2) is 3.20. The number of esters is 1. The van der Waals surface area contributed by atoms with Gasteiger partial charge in [-0.25, -0.2) is 4.79 Å². The molecule has 0 amide bonds. The first-order valence-electron chi connectivity index (χ1n) is 4.03. The fraction of sp³-hybridized carbons (Fsp3) is 0.556. The zero-order valence-electron chi connectivity index (χ0n) is 8.03. The number of likely N-dealkylation sites (N-methyl/N-ethyl adjacent to an activating group) is 1. The van der Waals surface area contributed by atoms with Gasteiger partial charge in [-0.15, -0.1) is 0 Å². The Morgan fingerprint density at radius 2 is 2.31 bits per heavy atom. The molecule has 0 bridgehead atoms. The first-order chi connectivity index (χ1) is 6.00. The highest BCUT2D eigenvalue weighted by Crippen LogP contribution is 2.24. The zero-order valence-corrected chi connectivity index (χ0v) is 8.03. The van der Waals surface area contributed by atoms with Gasteiger partial charge in [0, 0.05) is 19.7 Å². The number of hydrogen-bond donors (Lipinski definition) is 0. The summed E-state index contributed by atoms with van der Waals surface area (Å²) in [6.07, 6.45) is 3.24. The largest absolute Gasteiger partial charge is 0.467 e. The minimum absolute atomic E-state index is 0.0500. The summed E-state index contributed by atoms with van der Waals surface area (Å²) in [6, 6.07) is 0. The molecule has 0 aromatic carbocycles. The summed E-state index contributed by atoms with van der Waals surface area (Å²) in [6.45, 7) is 1.69. The van der Waals surface area contributed by atoms with Crippen molar-refractivity contribution in [2.24, 2.45) is 0 Å². The first kappa shape index (κ1) is 9.77. The van der Waals surface area contributed by atoms with E-state index in [2.05, 4.69) is 4.74 Å². The van der Waals surface area contributed by atoms with E-state index in [1.54, 1.807) is 25.1 Å². The minimum Gasteiger partial charge on any atom is -0.467 e. The third kappa shape index (κ3) is 1.56. The number of methoxy groups -OCH3 is 1. The van der Waals surface area contributed by atoms with E-state index in [1.165, 1.54) is 13.2 Å². The molecule has 0 saturated heterocycles. The standard InChI is InChI=1S/C9H13NO3/c1-9(8(12)13-3)6-7(11)4-5-10(9)2/h4-5H,6H2,1-3H3. The maximum atomic E-state index is 11.4. The average molecular weight is 183 g/mol. The number of carbonyl (C=O) groups excluding carboxylic acids is 2. The second-order valence-corrected chi connectivity index (χ2v) is 3.34. The van der Waals surface area contributed by atoms with E-state index in [0.717, 1.165) is 0 Å². The van der Waals surface area contributed by atoms with Gasteiger partial charge in [-0.3, -0.25) is 4.79 Å². The van der Waals surface area contributed by atoms with Gasteiger partial charge in [-0.2, -0.15) is 0 Å². The lowest BCUT2D eigenvalue weighted by Crippen LogP contribution is -2.51. The van der Waals surface area contributed by atoms with Crippen molar-refractivity contribution in [2.75, 3.05) is 14.2 Å². The molecule has 0 saturated carbocycles. The Morgan fingerprint density at radius 1 is 1.69 bits per heavy atom. The molecular formula is C9H13NO3. The summed E-state index contributed by atoms with van der Waals surface area (Å²) >= 11 is 0. The van der Waals surface area contributed by atoms with Crippen molar-refractivity contribution in [3.8, 4) is 0 Å². The van der Waals surface area contributed by atoms with Gasteiger partial charge < -0.3 is 9.64 Å². The summed E-state index contributed by atoms with van der Waals surface area (Å²) in [5.74, 6) is -0.432. The van der Waals surface area contributed by atoms with Gasteiger partial charge in [0.1, 0.15) is 5.54 Å². The lowest BCUT2D eigenvalue weighted by atomic mass is 9.91. The van der Waals surface area contributed by atoms with Crippen molar-refractivity contribution in [3.63, 3.8) is 0 Å². The minimum atomic E-state index is -0.847. The van der Waals surface area contributed by atoms with Crippen molar-refractivity contribution in [3.05, 3.63) is 12.3 Å². The highest BCUT2D eigenvalue weighted by Gasteiger charge is 2.41. The Labute approximate surface area is 77.2 Å². The van der Waals surface area contributed by atoms with Gasteiger partial charge >= 0.3 is 5.97 Å². The third-order valence-electron chi connectivity index (χ3n) is 2.41. The molecule has 1 aliphatic heterocycles. The molecule has 0 N–H and O–H groups in total. The van der Waals surface area contributed by atoms with E-state index in [1.807, 2.05) is 0 Å². The fourth-order valence-corrected chi connectivity index (χ4v) is 1.32. The molecule has 0 spiro atoms. The zero-order chi connectivity index (χ0) is 10.1. The SMILES string of the molecule is COC(=O)C1(C)CC(=O)C=CN1C. The molecule has 0 radical (unpaired) electrons. The smallest absolute Gasteiger partial charge is 0.331 e. The van der Waals surface area contributed by atoms with Crippen LogP contribution in [0.25, 0.3) is 0 Å². The van der Waals surface area contributed by atoms with E-state index >= 15 is 0 Å². The molecule has 13 heavy (non-hydrogen) atoms. The number of rotatable bonds is 1. The summed E-state index contributed by atoms with van der Waals surface area (Å²) in [4.78, 5) is 24.2. The van der Waals surface area contributed by atoms with Crippen LogP contribution in [0.15, 0.2) is 12.3 Å². The van der Waals surface area contributed by atoms with Crippen LogP contribution in [0.2, 0.25) is 0 Å². The molecule has 1 rings (SSSR count). The van der Waals surface area contributed by atoms with Crippen molar-refractivity contribution in [1.82, 2.24) is 4.90 Å². The van der Waals surface area contributed by atoms with Gasteiger partial charge in [0.2, 0.25) is 0 Å². The van der Waals surface area contributed by atoms with Crippen molar-refractivity contribution in [2.45, 2.75) is 18.9 Å². The molecule has 72 valence electrons. The molecule has 0 aromatic rings. The molecule has 1 atom stereocenters.